The Balaban J connectivity index is 2.01. The standard InChI is InChI=1S/C19H21NO3/c1-12-5-7-16-15(9-12)13(2)10-19(3,4)20(16)11-14-6-8-17(23-14)18(21)22/h5-10H,11H2,1-4H3,(H,21,22). The van der Waals surface area contributed by atoms with E-state index in [0.717, 1.165) is 5.69 Å². The number of aromatic carboxylic acids is 1. The Labute approximate surface area is 136 Å². The van der Waals surface area contributed by atoms with E-state index >= 15 is 0 Å². The molecule has 1 aliphatic heterocycles. The number of allylic oxidation sites excluding steroid dienone is 1. The molecule has 0 saturated heterocycles. The third-order valence-corrected chi connectivity index (χ3v) is 4.32. The van der Waals surface area contributed by atoms with Crippen LogP contribution in [-0.4, -0.2) is 16.6 Å². The number of anilines is 1. The van der Waals surface area contributed by atoms with Gasteiger partial charge in [-0.15, -0.1) is 0 Å². The maximum absolute atomic E-state index is 11.0. The van der Waals surface area contributed by atoms with Gasteiger partial charge in [0.25, 0.3) is 0 Å². The molecule has 1 aromatic heterocycles. The van der Waals surface area contributed by atoms with Crippen LogP contribution in [0.15, 0.2) is 40.8 Å². The molecule has 0 amide bonds. The Morgan fingerprint density at radius 1 is 1.22 bits per heavy atom. The van der Waals surface area contributed by atoms with Crippen molar-refractivity contribution in [1.29, 1.82) is 0 Å². The molecule has 0 bridgehead atoms. The summed E-state index contributed by atoms with van der Waals surface area (Å²) in [6, 6.07) is 9.66. The van der Waals surface area contributed by atoms with Gasteiger partial charge in [-0.1, -0.05) is 17.7 Å². The Kier molecular flexibility index (Phi) is 3.55. The molecule has 2 aromatic rings. The molecule has 0 saturated carbocycles. The van der Waals surface area contributed by atoms with E-state index in [1.807, 2.05) is 0 Å². The van der Waals surface area contributed by atoms with Gasteiger partial charge in [-0.2, -0.15) is 0 Å². The summed E-state index contributed by atoms with van der Waals surface area (Å²) in [6.07, 6.45) is 2.25. The fourth-order valence-electron chi connectivity index (χ4n) is 3.22. The van der Waals surface area contributed by atoms with Crippen molar-refractivity contribution in [3.63, 3.8) is 0 Å². The Hall–Kier alpha value is -2.49. The van der Waals surface area contributed by atoms with Gasteiger partial charge in [0.2, 0.25) is 5.76 Å². The summed E-state index contributed by atoms with van der Waals surface area (Å²) in [5.41, 5.74) is 4.67. The lowest BCUT2D eigenvalue weighted by molar-refractivity contribution is 0.0660. The van der Waals surface area contributed by atoms with Crippen LogP contribution in [0.4, 0.5) is 5.69 Å². The molecule has 0 unspecified atom stereocenters. The van der Waals surface area contributed by atoms with Crippen molar-refractivity contribution in [1.82, 2.24) is 0 Å². The fourth-order valence-corrected chi connectivity index (χ4v) is 3.22. The van der Waals surface area contributed by atoms with E-state index in [-0.39, 0.29) is 11.3 Å². The summed E-state index contributed by atoms with van der Waals surface area (Å²) < 4.78 is 5.44. The highest BCUT2D eigenvalue weighted by atomic mass is 16.4. The zero-order valence-electron chi connectivity index (χ0n) is 13.9. The number of carboxylic acid groups (broad SMARTS) is 1. The van der Waals surface area contributed by atoms with Crippen LogP contribution in [0.1, 0.15) is 48.2 Å². The number of hydrogen-bond acceptors (Lipinski definition) is 3. The van der Waals surface area contributed by atoms with E-state index in [1.165, 1.54) is 22.8 Å². The van der Waals surface area contributed by atoms with E-state index in [0.29, 0.717) is 12.3 Å². The second-order valence-electron chi connectivity index (χ2n) is 6.66. The maximum Gasteiger partial charge on any atom is 0.371 e. The Morgan fingerprint density at radius 3 is 2.61 bits per heavy atom. The van der Waals surface area contributed by atoms with Gasteiger partial charge in [-0.25, -0.2) is 4.79 Å². The van der Waals surface area contributed by atoms with Crippen molar-refractivity contribution in [3.8, 4) is 0 Å². The molecule has 0 spiro atoms. The van der Waals surface area contributed by atoms with Crippen LogP contribution in [0.25, 0.3) is 5.57 Å². The van der Waals surface area contributed by atoms with E-state index in [4.69, 9.17) is 9.52 Å². The highest BCUT2D eigenvalue weighted by molar-refractivity contribution is 5.84. The van der Waals surface area contributed by atoms with Gasteiger partial charge < -0.3 is 14.4 Å². The predicted octanol–water partition coefficient (Wildman–Crippen LogP) is 4.49. The molecule has 1 aromatic carbocycles. The number of nitrogens with zero attached hydrogens (tertiary/aromatic N) is 1. The Bertz CT molecular complexity index is 799. The molecule has 0 fully saturated rings. The number of rotatable bonds is 3. The number of benzene rings is 1. The highest BCUT2D eigenvalue weighted by Gasteiger charge is 2.32. The van der Waals surface area contributed by atoms with Crippen molar-refractivity contribution in [2.45, 2.75) is 39.8 Å². The fraction of sp³-hybridized carbons (Fsp3) is 0.316. The van der Waals surface area contributed by atoms with Crippen LogP contribution in [0.5, 0.6) is 0 Å². The van der Waals surface area contributed by atoms with Gasteiger partial charge in [0.1, 0.15) is 5.76 Å². The molecule has 4 heteroatoms. The first-order valence-electron chi connectivity index (χ1n) is 7.68. The monoisotopic (exact) mass is 311 g/mol. The van der Waals surface area contributed by atoms with E-state index in [9.17, 15) is 4.79 Å². The third kappa shape index (κ3) is 2.77. The minimum Gasteiger partial charge on any atom is -0.475 e. The van der Waals surface area contributed by atoms with Gasteiger partial charge in [0.05, 0.1) is 12.1 Å². The van der Waals surface area contributed by atoms with Crippen LogP contribution >= 0.6 is 0 Å². The van der Waals surface area contributed by atoms with Crippen molar-refractivity contribution in [2.75, 3.05) is 4.90 Å². The van der Waals surface area contributed by atoms with Gasteiger partial charge in [0, 0.05) is 11.3 Å². The third-order valence-electron chi connectivity index (χ3n) is 4.32. The quantitative estimate of drug-likeness (QED) is 0.907. The lowest BCUT2D eigenvalue weighted by Crippen LogP contribution is -2.44. The number of carboxylic acids is 1. The highest BCUT2D eigenvalue weighted by Crippen LogP contribution is 2.40. The van der Waals surface area contributed by atoms with Crippen molar-refractivity contribution in [3.05, 3.63) is 59.1 Å². The topological polar surface area (TPSA) is 53.7 Å². The van der Waals surface area contributed by atoms with E-state index in [2.05, 4.69) is 56.9 Å². The molecule has 120 valence electrons. The molecule has 3 rings (SSSR count). The first-order chi connectivity index (χ1) is 10.8. The molecule has 0 aliphatic carbocycles. The molecule has 0 radical (unpaired) electrons. The lowest BCUT2D eigenvalue weighted by Gasteiger charge is -2.43. The van der Waals surface area contributed by atoms with E-state index < -0.39 is 5.97 Å². The molecule has 0 atom stereocenters. The van der Waals surface area contributed by atoms with Gasteiger partial charge in [0.15, 0.2) is 0 Å². The Morgan fingerprint density at radius 2 is 1.96 bits per heavy atom. The molecule has 4 nitrogen and oxygen atoms in total. The zero-order valence-corrected chi connectivity index (χ0v) is 13.9. The SMILES string of the molecule is CC1=CC(C)(C)N(Cc2ccc(C(=O)O)o2)c2ccc(C)cc21. The maximum atomic E-state index is 11.0. The number of fused-ring (bicyclic) bond motifs is 1. The summed E-state index contributed by atoms with van der Waals surface area (Å²) in [5.74, 6) is -0.415. The molecule has 1 N–H and O–H groups in total. The number of aryl methyl sites for hydroxylation is 1. The average molecular weight is 311 g/mol. The van der Waals surface area contributed by atoms with Gasteiger partial charge >= 0.3 is 5.97 Å². The molecular weight excluding hydrogens is 290 g/mol. The predicted molar refractivity (Wildman–Crippen MR) is 90.8 cm³/mol. The summed E-state index contributed by atoms with van der Waals surface area (Å²) in [7, 11) is 0. The van der Waals surface area contributed by atoms with Crippen LogP contribution in [-0.2, 0) is 6.54 Å². The second-order valence-corrected chi connectivity index (χ2v) is 6.66. The van der Waals surface area contributed by atoms with E-state index in [1.54, 1.807) is 6.07 Å². The largest absolute Gasteiger partial charge is 0.475 e. The van der Waals surface area contributed by atoms with Crippen molar-refractivity contribution < 1.29 is 14.3 Å². The van der Waals surface area contributed by atoms with Crippen LogP contribution in [0.3, 0.4) is 0 Å². The smallest absolute Gasteiger partial charge is 0.371 e. The van der Waals surface area contributed by atoms with Crippen LogP contribution in [0.2, 0.25) is 0 Å². The normalized spacial score (nSPS) is 16.0. The first kappa shape index (κ1) is 15.4. The van der Waals surface area contributed by atoms with Crippen LogP contribution in [0, 0.1) is 6.92 Å². The summed E-state index contributed by atoms with van der Waals surface area (Å²) in [4.78, 5) is 13.2. The number of carbonyl (C=O) groups is 1. The average Bonchev–Trinajstić information content (AvgIpc) is 2.92. The zero-order chi connectivity index (χ0) is 16.8. The summed E-state index contributed by atoms with van der Waals surface area (Å²) in [6.45, 7) is 9.05. The van der Waals surface area contributed by atoms with Crippen LogP contribution < -0.4 is 4.90 Å². The summed E-state index contributed by atoms with van der Waals surface area (Å²) >= 11 is 0. The van der Waals surface area contributed by atoms with Crippen molar-refractivity contribution in [2.24, 2.45) is 0 Å². The second kappa shape index (κ2) is 5.30. The number of furan rings is 1. The molecule has 1 aliphatic rings. The van der Waals surface area contributed by atoms with Gasteiger partial charge in [-0.3, -0.25) is 0 Å². The van der Waals surface area contributed by atoms with Gasteiger partial charge in [-0.05, 0) is 57.5 Å². The summed E-state index contributed by atoms with van der Waals surface area (Å²) in [5, 5.41) is 9.01. The number of hydrogen-bond donors (Lipinski definition) is 1. The molecular formula is C19H21NO3. The first-order valence-corrected chi connectivity index (χ1v) is 7.68. The lowest BCUT2D eigenvalue weighted by atomic mass is 9.88. The minimum atomic E-state index is -1.04. The molecule has 23 heavy (non-hydrogen) atoms. The minimum absolute atomic E-state index is 0.0225. The van der Waals surface area contributed by atoms with Crippen molar-refractivity contribution >= 4 is 17.2 Å². The molecule has 2 heterocycles.